The number of halogens is 1. The van der Waals surface area contributed by atoms with Crippen molar-refractivity contribution in [2.75, 3.05) is 13.1 Å². The Kier molecular flexibility index (Phi) is 3.67. The fourth-order valence-corrected chi connectivity index (χ4v) is 2.66. The van der Waals surface area contributed by atoms with Crippen LogP contribution in [-0.4, -0.2) is 18.2 Å². The van der Waals surface area contributed by atoms with Crippen LogP contribution in [0.15, 0.2) is 24.3 Å². The molecule has 1 saturated heterocycles. The Labute approximate surface area is 102 Å². The van der Waals surface area contributed by atoms with Crippen LogP contribution in [-0.2, 0) is 5.67 Å². The van der Waals surface area contributed by atoms with Gasteiger partial charge in [0.15, 0.2) is 0 Å². The van der Waals surface area contributed by atoms with E-state index >= 15 is 0 Å². The fraction of sp³-hybridized carbons (Fsp3) is 0.571. The average molecular weight is 237 g/mol. The number of hydrogen-bond acceptors (Lipinski definition) is 2. The molecule has 94 valence electrons. The van der Waals surface area contributed by atoms with Gasteiger partial charge in [-0.05, 0) is 51.3 Å². The third-order valence-corrected chi connectivity index (χ3v) is 3.54. The van der Waals surface area contributed by atoms with Gasteiger partial charge in [-0.3, -0.25) is 0 Å². The highest BCUT2D eigenvalue weighted by Crippen LogP contribution is 2.38. The van der Waals surface area contributed by atoms with Gasteiger partial charge in [0.2, 0.25) is 0 Å². The molecule has 1 aliphatic heterocycles. The SMILES string of the molecule is CC(F)(CC1CCCNC1)c1ccccc1O. The van der Waals surface area contributed by atoms with Crippen molar-refractivity contribution in [2.45, 2.75) is 31.9 Å². The summed E-state index contributed by atoms with van der Waals surface area (Å²) in [6.07, 6.45) is 2.65. The summed E-state index contributed by atoms with van der Waals surface area (Å²) < 4.78 is 14.7. The highest BCUT2D eigenvalue weighted by molar-refractivity contribution is 5.36. The number of rotatable bonds is 3. The van der Waals surface area contributed by atoms with E-state index in [9.17, 15) is 9.50 Å². The first-order valence-corrected chi connectivity index (χ1v) is 6.28. The van der Waals surface area contributed by atoms with Gasteiger partial charge < -0.3 is 10.4 Å². The predicted molar refractivity (Wildman–Crippen MR) is 66.8 cm³/mol. The Balaban J connectivity index is 2.10. The zero-order valence-electron chi connectivity index (χ0n) is 10.2. The second kappa shape index (κ2) is 5.05. The van der Waals surface area contributed by atoms with Crippen LogP contribution >= 0.6 is 0 Å². The van der Waals surface area contributed by atoms with Gasteiger partial charge in [-0.15, -0.1) is 0 Å². The number of benzene rings is 1. The van der Waals surface area contributed by atoms with E-state index in [0.717, 1.165) is 25.9 Å². The smallest absolute Gasteiger partial charge is 0.137 e. The van der Waals surface area contributed by atoms with Crippen LogP contribution in [0.4, 0.5) is 4.39 Å². The second-order valence-corrected chi connectivity index (χ2v) is 5.13. The lowest BCUT2D eigenvalue weighted by molar-refractivity contribution is 0.130. The number of hydrogen-bond donors (Lipinski definition) is 2. The highest BCUT2D eigenvalue weighted by Gasteiger charge is 2.32. The van der Waals surface area contributed by atoms with Gasteiger partial charge in [-0.2, -0.15) is 0 Å². The van der Waals surface area contributed by atoms with Gasteiger partial charge in [0.1, 0.15) is 11.4 Å². The molecule has 0 saturated carbocycles. The fourth-order valence-electron chi connectivity index (χ4n) is 2.66. The topological polar surface area (TPSA) is 32.3 Å². The van der Waals surface area contributed by atoms with Crippen molar-refractivity contribution in [3.63, 3.8) is 0 Å². The van der Waals surface area contributed by atoms with E-state index in [0.29, 0.717) is 17.9 Å². The molecule has 1 fully saturated rings. The molecule has 0 aliphatic carbocycles. The van der Waals surface area contributed by atoms with Crippen molar-refractivity contribution >= 4 is 0 Å². The molecule has 3 heteroatoms. The zero-order valence-corrected chi connectivity index (χ0v) is 10.2. The van der Waals surface area contributed by atoms with Gasteiger partial charge in [-0.25, -0.2) is 4.39 Å². The lowest BCUT2D eigenvalue weighted by Crippen LogP contribution is -2.33. The molecule has 1 aromatic rings. The molecule has 2 N–H and O–H groups in total. The Morgan fingerprint density at radius 1 is 1.47 bits per heavy atom. The lowest BCUT2D eigenvalue weighted by atomic mass is 9.84. The Hall–Kier alpha value is -1.09. The number of nitrogens with one attached hydrogen (secondary N) is 1. The average Bonchev–Trinajstić information content (AvgIpc) is 2.30. The van der Waals surface area contributed by atoms with Gasteiger partial charge in [0.05, 0.1) is 0 Å². The first kappa shape index (κ1) is 12.4. The van der Waals surface area contributed by atoms with E-state index in [1.807, 2.05) is 0 Å². The van der Waals surface area contributed by atoms with Crippen LogP contribution in [0.3, 0.4) is 0 Å². The van der Waals surface area contributed by atoms with E-state index in [1.165, 1.54) is 0 Å². The van der Waals surface area contributed by atoms with Crippen LogP contribution < -0.4 is 5.32 Å². The minimum Gasteiger partial charge on any atom is -0.508 e. The summed E-state index contributed by atoms with van der Waals surface area (Å²) in [7, 11) is 0. The largest absolute Gasteiger partial charge is 0.508 e. The van der Waals surface area contributed by atoms with Crippen molar-refractivity contribution in [3.8, 4) is 5.75 Å². The van der Waals surface area contributed by atoms with E-state index in [2.05, 4.69) is 5.32 Å². The maximum absolute atomic E-state index is 14.7. The van der Waals surface area contributed by atoms with Gasteiger partial charge in [-0.1, -0.05) is 18.2 Å². The number of aromatic hydroxyl groups is 1. The highest BCUT2D eigenvalue weighted by atomic mass is 19.1. The summed E-state index contributed by atoms with van der Waals surface area (Å²) in [6, 6.07) is 6.71. The summed E-state index contributed by atoms with van der Waals surface area (Å²) in [5.41, 5.74) is -1.04. The van der Waals surface area contributed by atoms with E-state index in [-0.39, 0.29) is 5.75 Å². The number of piperidine rings is 1. The number of alkyl halides is 1. The summed E-state index contributed by atoms with van der Waals surface area (Å²) in [4.78, 5) is 0. The number of para-hydroxylation sites is 1. The predicted octanol–water partition coefficient (Wildman–Crippen LogP) is 2.97. The third kappa shape index (κ3) is 2.97. The maximum atomic E-state index is 14.7. The molecule has 1 heterocycles. The van der Waals surface area contributed by atoms with E-state index < -0.39 is 5.67 Å². The van der Waals surface area contributed by atoms with E-state index in [4.69, 9.17) is 0 Å². The van der Waals surface area contributed by atoms with Crippen molar-refractivity contribution in [2.24, 2.45) is 5.92 Å². The molecule has 2 rings (SSSR count). The molecule has 2 unspecified atom stereocenters. The minimum atomic E-state index is -1.45. The minimum absolute atomic E-state index is 0.0567. The molecule has 17 heavy (non-hydrogen) atoms. The molecule has 0 aromatic heterocycles. The van der Waals surface area contributed by atoms with Crippen LogP contribution in [0.1, 0.15) is 31.7 Å². The lowest BCUT2D eigenvalue weighted by Gasteiger charge is -2.30. The molecular formula is C14H20FNO. The maximum Gasteiger partial charge on any atom is 0.137 e. The Morgan fingerprint density at radius 2 is 2.24 bits per heavy atom. The van der Waals surface area contributed by atoms with Gasteiger partial charge >= 0.3 is 0 Å². The Morgan fingerprint density at radius 3 is 2.88 bits per heavy atom. The molecule has 0 radical (unpaired) electrons. The number of phenols is 1. The van der Waals surface area contributed by atoms with Crippen LogP contribution in [0.25, 0.3) is 0 Å². The number of phenolic OH excluding ortho intramolecular Hbond substituents is 1. The molecule has 1 aliphatic rings. The Bertz CT molecular complexity index is 372. The molecule has 0 amide bonds. The van der Waals surface area contributed by atoms with Crippen molar-refractivity contribution in [1.29, 1.82) is 0 Å². The van der Waals surface area contributed by atoms with Crippen LogP contribution in [0, 0.1) is 5.92 Å². The molecule has 2 nitrogen and oxygen atoms in total. The molecular weight excluding hydrogens is 217 g/mol. The monoisotopic (exact) mass is 237 g/mol. The van der Waals surface area contributed by atoms with Gasteiger partial charge in [0, 0.05) is 5.56 Å². The summed E-state index contributed by atoms with van der Waals surface area (Å²) >= 11 is 0. The van der Waals surface area contributed by atoms with Crippen LogP contribution in [0.5, 0.6) is 5.75 Å². The first-order chi connectivity index (χ1) is 8.09. The quantitative estimate of drug-likeness (QED) is 0.847. The van der Waals surface area contributed by atoms with Crippen molar-refractivity contribution in [1.82, 2.24) is 5.32 Å². The first-order valence-electron chi connectivity index (χ1n) is 6.28. The molecule has 2 atom stereocenters. The normalized spacial score (nSPS) is 24.2. The van der Waals surface area contributed by atoms with Gasteiger partial charge in [0.25, 0.3) is 0 Å². The molecule has 0 spiro atoms. The zero-order chi connectivity index (χ0) is 12.3. The standard InChI is InChI=1S/C14H20FNO/c1-14(15,9-11-5-4-8-16-10-11)12-6-2-3-7-13(12)17/h2-3,6-7,11,16-17H,4-5,8-10H2,1H3. The van der Waals surface area contributed by atoms with Crippen molar-refractivity contribution in [3.05, 3.63) is 29.8 Å². The second-order valence-electron chi connectivity index (χ2n) is 5.13. The van der Waals surface area contributed by atoms with E-state index in [1.54, 1.807) is 31.2 Å². The molecule has 0 bridgehead atoms. The summed E-state index contributed by atoms with van der Waals surface area (Å²) in [5.74, 6) is 0.416. The summed E-state index contributed by atoms with van der Waals surface area (Å²) in [5, 5.41) is 13.0. The van der Waals surface area contributed by atoms with Crippen LogP contribution in [0.2, 0.25) is 0 Å². The third-order valence-electron chi connectivity index (χ3n) is 3.54. The summed E-state index contributed by atoms with van der Waals surface area (Å²) in [6.45, 7) is 3.49. The molecule has 1 aromatic carbocycles. The van der Waals surface area contributed by atoms with Crippen molar-refractivity contribution < 1.29 is 9.50 Å².